The normalized spacial score (nSPS) is 15.0. The number of likely N-dealkylation sites (tertiary alicyclic amines) is 1. The van der Waals surface area contributed by atoms with E-state index in [0.717, 1.165) is 11.3 Å². The summed E-state index contributed by atoms with van der Waals surface area (Å²) in [5.74, 6) is 1.52. The molecule has 0 bridgehead atoms. The fourth-order valence-electron chi connectivity index (χ4n) is 2.57. The molecule has 156 valence electrons. The van der Waals surface area contributed by atoms with Gasteiger partial charge in [-0.1, -0.05) is 12.1 Å². The van der Waals surface area contributed by atoms with Gasteiger partial charge in [0, 0.05) is 33.8 Å². The van der Waals surface area contributed by atoms with Crippen LogP contribution >= 0.6 is 0 Å². The highest BCUT2D eigenvalue weighted by Crippen LogP contribution is 2.15. The molecule has 1 heterocycles. The molecule has 2 rings (SSSR count). The molecule has 0 radical (unpaired) electrons. The summed E-state index contributed by atoms with van der Waals surface area (Å²) in [6, 6.07) is 8.06. The summed E-state index contributed by atoms with van der Waals surface area (Å²) in [5, 5.41) is 6.60. The van der Waals surface area contributed by atoms with E-state index in [4.69, 9.17) is 14.2 Å². The van der Waals surface area contributed by atoms with Crippen LogP contribution in [-0.4, -0.2) is 69.1 Å². The molecule has 8 heteroatoms. The predicted molar refractivity (Wildman–Crippen MR) is 109 cm³/mol. The predicted octanol–water partition coefficient (Wildman–Crippen LogP) is 2.00. The highest BCUT2D eigenvalue weighted by molar-refractivity contribution is 5.80. The molecular weight excluding hydrogens is 360 g/mol. The molecule has 1 fully saturated rings. The Morgan fingerprint density at radius 2 is 1.89 bits per heavy atom. The largest absolute Gasteiger partial charge is 0.491 e. The lowest BCUT2D eigenvalue weighted by Crippen LogP contribution is -2.63. The molecule has 2 N–H and O–H groups in total. The van der Waals surface area contributed by atoms with E-state index in [1.807, 2.05) is 45.0 Å². The van der Waals surface area contributed by atoms with Crippen molar-refractivity contribution in [3.05, 3.63) is 29.8 Å². The quantitative estimate of drug-likeness (QED) is 0.419. The molecule has 8 nitrogen and oxygen atoms in total. The fraction of sp³-hybridized carbons (Fsp3) is 0.600. The van der Waals surface area contributed by atoms with E-state index in [1.54, 1.807) is 19.1 Å². The Kier molecular flexibility index (Phi) is 7.92. The van der Waals surface area contributed by atoms with Crippen LogP contribution in [0.1, 0.15) is 26.3 Å². The molecule has 0 aromatic heterocycles. The van der Waals surface area contributed by atoms with E-state index in [2.05, 4.69) is 15.6 Å². The van der Waals surface area contributed by atoms with Gasteiger partial charge in [-0.3, -0.25) is 4.99 Å². The summed E-state index contributed by atoms with van der Waals surface area (Å²) < 4.78 is 15.9. The van der Waals surface area contributed by atoms with E-state index < -0.39 is 5.60 Å². The zero-order chi connectivity index (χ0) is 20.6. The monoisotopic (exact) mass is 392 g/mol. The molecule has 0 unspecified atom stereocenters. The summed E-state index contributed by atoms with van der Waals surface area (Å²) in [6.45, 7) is 8.54. The number of guanidine groups is 1. The molecule has 1 aliphatic rings. The van der Waals surface area contributed by atoms with Crippen molar-refractivity contribution >= 4 is 12.1 Å². The SMILES string of the molecule is CN=C(NCc1ccc(OCCOC)cc1)NC1CN(C(=O)OC(C)(C)C)C1. The third-order valence-electron chi connectivity index (χ3n) is 4.04. The summed E-state index contributed by atoms with van der Waals surface area (Å²) in [6.07, 6.45) is -0.277. The van der Waals surface area contributed by atoms with Crippen LogP contribution in [0.25, 0.3) is 0 Å². The van der Waals surface area contributed by atoms with Gasteiger partial charge < -0.3 is 29.7 Å². The van der Waals surface area contributed by atoms with Gasteiger partial charge in [0.2, 0.25) is 0 Å². The Morgan fingerprint density at radius 3 is 2.46 bits per heavy atom. The van der Waals surface area contributed by atoms with Crippen molar-refractivity contribution in [1.82, 2.24) is 15.5 Å². The molecule has 0 spiro atoms. The van der Waals surface area contributed by atoms with Crippen molar-refractivity contribution < 1.29 is 19.0 Å². The number of carbonyl (C=O) groups is 1. The maximum Gasteiger partial charge on any atom is 0.410 e. The van der Waals surface area contributed by atoms with Crippen LogP contribution in [0.5, 0.6) is 5.75 Å². The van der Waals surface area contributed by atoms with Gasteiger partial charge in [0.25, 0.3) is 0 Å². The number of hydrogen-bond donors (Lipinski definition) is 2. The second-order valence-corrected chi connectivity index (χ2v) is 7.64. The highest BCUT2D eigenvalue weighted by Gasteiger charge is 2.34. The topological polar surface area (TPSA) is 84.4 Å². The van der Waals surface area contributed by atoms with Crippen molar-refractivity contribution in [3.8, 4) is 5.75 Å². The van der Waals surface area contributed by atoms with Gasteiger partial charge in [-0.05, 0) is 38.5 Å². The summed E-state index contributed by atoms with van der Waals surface area (Å²) >= 11 is 0. The summed E-state index contributed by atoms with van der Waals surface area (Å²) in [7, 11) is 3.38. The van der Waals surface area contributed by atoms with Gasteiger partial charge in [-0.2, -0.15) is 0 Å². The smallest absolute Gasteiger partial charge is 0.410 e. The number of methoxy groups -OCH3 is 1. The van der Waals surface area contributed by atoms with Gasteiger partial charge in [-0.25, -0.2) is 4.79 Å². The number of rotatable bonds is 7. The van der Waals surface area contributed by atoms with Gasteiger partial charge in [0.05, 0.1) is 12.6 Å². The van der Waals surface area contributed by atoms with Gasteiger partial charge >= 0.3 is 6.09 Å². The highest BCUT2D eigenvalue weighted by atomic mass is 16.6. The standard InChI is InChI=1S/C20H32N4O4/c1-20(2,3)28-19(25)24-13-16(14-24)23-18(21-4)22-12-15-6-8-17(9-7-15)27-11-10-26-5/h6-9,16H,10-14H2,1-5H3,(H2,21,22,23). The number of nitrogens with zero attached hydrogens (tertiary/aromatic N) is 2. The molecule has 1 aromatic rings. The molecule has 0 aliphatic carbocycles. The number of carbonyl (C=O) groups excluding carboxylic acids is 1. The molecule has 1 saturated heterocycles. The van der Waals surface area contributed by atoms with Crippen LogP contribution in [0, 0.1) is 0 Å². The molecule has 28 heavy (non-hydrogen) atoms. The maximum absolute atomic E-state index is 12.0. The number of nitrogens with one attached hydrogen (secondary N) is 2. The van der Waals surface area contributed by atoms with Gasteiger partial charge in [0.15, 0.2) is 5.96 Å². The van der Waals surface area contributed by atoms with Crippen LogP contribution < -0.4 is 15.4 Å². The van der Waals surface area contributed by atoms with Crippen LogP contribution in [-0.2, 0) is 16.0 Å². The lowest BCUT2D eigenvalue weighted by molar-refractivity contribution is 0.00701. The lowest BCUT2D eigenvalue weighted by atomic mass is 10.1. The summed E-state index contributed by atoms with van der Waals surface area (Å²) in [4.78, 5) is 17.9. The number of ether oxygens (including phenoxy) is 3. The van der Waals surface area contributed by atoms with E-state index in [9.17, 15) is 4.79 Å². The first-order chi connectivity index (χ1) is 13.3. The molecule has 1 amide bonds. The number of aliphatic imine (C=N–C) groups is 1. The Morgan fingerprint density at radius 1 is 1.21 bits per heavy atom. The van der Waals surface area contributed by atoms with Crippen molar-refractivity contribution in [2.24, 2.45) is 4.99 Å². The van der Waals surface area contributed by atoms with Crippen LogP contribution in [0.2, 0.25) is 0 Å². The van der Waals surface area contributed by atoms with Crippen LogP contribution in [0.4, 0.5) is 4.79 Å². The molecular formula is C20H32N4O4. The van der Waals surface area contributed by atoms with Crippen LogP contribution in [0.15, 0.2) is 29.3 Å². The Balaban J connectivity index is 1.70. The van der Waals surface area contributed by atoms with Crippen LogP contribution in [0.3, 0.4) is 0 Å². The van der Waals surface area contributed by atoms with E-state index >= 15 is 0 Å². The minimum atomic E-state index is -0.475. The molecule has 0 atom stereocenters. The number of amides is 1. The maximum atomic E-state index is 12.0. The first-order valence-corrected chi connectivity index (χ1v) is 9.46. The Hall–Kier alpha value is -2.48. The van der Waals surface area contributed by atoms with E-state index in [-0.39, 0.29) is 12.1 Å². The molecule has 1 aromatic carbocycles. The zero-order valence-corrected chi connectivity index (χ0v) is 17.4. The Bertz CT molecular complexity index is 649. The lowest BCUT2D eigenvalue weighted by Gasteiger charge is -2.40. The third kappa shape index (κ3) is 7.26. The number of hydrogen-bond acceptors (Lipinski definition) is 5. The van der Waals surface area contributed by atoms with Crippen molar-refractivity contribution in [2.75, 3.05) is 40.5 Å². The van der Waals surface area contributed by atoms with Gasteiger partial charge in [0.1, 0.15) is 18.0 Å². The van der Waals surface area contributed by atoms with Crippen molar-refractivity contribution in [1.29, 1.82) is 0 Å². The average molecular weight is 393 g/mol. The average Bonchev–Trinajstić information content (AvgIpc) is 2.60. The van der Waals surface area contributed by atoms with Crippen molar-refractivity contribution in [2.45, 2.75) is 39.0 Å². The second kappa shape index (κ2) is 10.2. The first-order valence-electron chi connectivity index (χ1n) is 9.46. The number of benzene rings is 1. The van der Waals surface area contributed by atoms with E-state index in [0.29, 0.717) is 38.8 Å². The zero-order valence-electron chi connectivity index (χ0n) is 17.4. The van der Waals surface area contributed by atoms with Crippen molar-refractivity contribution in [3.63, 3.8) is 0 Å². The fourth-order valence-corrected chi connectivity index (χ4v) is 2.57. The Labute approximate surface area is 167 Å². The molecule has 0 saturated carbocycles. The second-order valence-electron chi connectivity index (χ2n) is 7.64. The first kappa shape index (κ1) is 21.8. The summed E-state index contributed by atoms with van der Waals surface area (Å²) in [5.41, 5.74) is 0.642. The third-order valence-corrected chi connectivity index (χ3v) is 4.04. The minimum absolute atomic E-state index is 0.162. The van der Waals surface area contributed by atoms with E-state index in [1.165, 1.54) is 0 Å². The van der Waals surface area contributed by atoms with Gasteiger partial charge in [-0.15, -0.1) is 0 Å². The molecule has 1 aliphatic heterocycles. The minimum Gasteiger partial charge on any atom is -0.491 e.